The topological polar surface area (TPSA) is 107 Å². The summed E-state index contributed by atoms with van der Waals surface area (Å²) in [4.78, 5) is 21.5. The van der Waals surface area contributed by atoms with E-state index in [9.17, 15) is 9.59 Å². The number of carbonyl (C=O) groups is 2. The molecule has 1 aromatic rings. The lowest BCUT2D eigenvalue weighted by Crippen LogP contribution is -2.40. The Morgan fingerprint density at radius 3 is 2.86 bits per heavy atom. The van der Waals surface area contributed by atoms with E-state index in [1.54, 1.807) is 0 Å². The van der Waals surface area contributed by atoms with Crippen LogP contribution in [0.25, 0.3) is 0 Å². The summed E-state index contributed by atoms with van der Waals surface area (Å²) >= 11 is 0. The molecule has 0 aliphatic carbocycles. The van der Waals surface area contributed by atoms with Gasteiger partial charge in [-0.05, 0) is 6.92 Å². The fourth-order valence-electron chi connectivity index (χ4n) is 0.745. The number of rotatable bonds is 3. The predicted octanol–water partition coefficient (Wildman–Crippen LogP) is 0.00430. The zero-order valence-corrected chi connectivity index (χ0v) is 7.44. The number of hydrogen-bond acceptors (Lipinski definition) is 3. The highest BCUT2D eigenvalue weighted by atomic mass is 16.4. The van der Waals surface area contributed by atoms with Crippen molar-refractivity contribution >= 4 is 17.7 Å². The maximum atomic E-state index is 11.1. The number of urea groups is 1. The van der Waals surface area contributed by atoms with Crippen LogP contribution in [0.5, 0.6) is 0 Å². The van der Waals surface area contributed by atoms with Crippen molar-refractivity contribution < 1.29 is 14.7 Å². The molecule has 76 valence electrons. The average molecular weight is 198 g/mol. The molecular weight excluding hydrogens is 188 g/mol. The molecular formula is C7H10N4O3. The first-order valence-corrected chi connectivity index (χ1v) is 3.88. The van der Waals surface area contributed by atoms with Crippen molar-refractivity contribution in [1.29, 1.82) is 0 Å². The Morgan fingerprint density at radius 2 is 2.36 bits per heavy atom. The lowest BCUT2D eigenvalue weighted by Gasteiger charge is -2.08. The molecule has 7 heteroatoms. The molecule has 0 aliphatic rings. The summed E-state index contributed by atoms with van der Waals surface area (Å²) < 4.78 is 0. The van der Waals surface area contributed by atoms with Gasteiger partial charge in [0.2, 0.25) is 0 Å². The van der Waals surface area contributed by atoms with Gasteiger partial charge in [0, 0.05) is 6.20 Å². The molecule has 0 unspecified atom stereocenters. The van der Waals surface area contributed by atoms with Crippen LogP contribution in [0.4, 0.5) is 10.5 Å². The standard InChI is InChI=1S/C7H10N4O3/c1-4(6(12)13)10-7(14)11-5-2-8-9-3-5/h2-4H,1H3,(H,8,9)(H,12,13)(H2,10,11,14)/t4-/m0/s1. The maximum Gasteiger partial charge on any atom is 0.325 e. The number of nitrogens with zero attached hydrogens (tertiary/aromatic N) is 1. The van der Waals surface area contributed by atoms with Gasteiger partial charge < -0.3 is 15.7 Å². The number of amides is 2. The van der Waals surface area contributed by atoms with Gasteiger partial charge in [-0.2, -0.15) is 5.10 Å². The van der Waals surface area contributed by atoms with E-state index in [-0.39, 0.29) is 0 Å². The summed E-state index contributed by atoms with van der Waals surface area (Å²) in [5.74, 6) is -1.09. The molecule has 14 heavy (non-hydrogen) atoms. The van der Waals surface area contributed by atoms with Gasteiger partial charge in [-0.15, -0.1) is 0 Å². The number of carboxylic acids is 1. The van der Waals surface area contributed by atoms with E-state index < -0.39 is 18.0 Å². The second-order valence-electron chi connectivity index (χ2n) is 2.65. The van der Waals surface area contributed by atoms with Crippen LogP contribution in [-0.2, 0) is 4.79 Å². The highest BCUT2D eigenvalue weighted by Gasteiger charge is 2.13. The van der Waals surface area contributed by atoms with E-state index >= 15 is 0 Å². The normalized spacial score (nSPS) is 11.8. The fraction of sp³-hybridized carbons (Fsp3) is 0.286. The van der Waals surface area contributed by atoms with Crippen molar-refractivity contribution in [3.8, 4) is 0 Å². The molecule has 1 rings (SSSR count). The van der Waals surface area contributed by atoms with Crippen molar-refractivity contribution in [1.82, 2.24) is 15.5 Å². The second-order valence-corrected chi connectivity index (χ2v) is 2.65. The van der Waals surface area contributed by atoms with E-state index in [0.717, 1.165) is 0 Å². The first-order chi connectivity index (χ1) is 6.59. The van der Waals surface area contributed by atoms with Crippen LogP contribution in [0.15, 0.2) is 12.4 Å². The van der Waals surface area contributed by atoms with Crippen LogP contribution in [-0.4, -0.2) is 33.3 Å². The lowest BCUT2D eigenvalue weighted by molar-refractivity contribution is -0.138. The van der Waals surface area contributed by atoms with Gasteiger partial charge in [0.25, 0.3) is 0 Å². The quantitative estimate of drug-likeness (QED) is 0.548. The lowest BCUT2D eigenvalue weighted by atomic mass is 10.3. The number of H-pyrrole nitrogens is 1. The van der Waals surface area contributed by atoms with Crippen molar-refractivity contribution in [3.05, 3.63) is 12.4 Å². The van der Waals surface area contributed by atoms with Gasteiger partial charge in [-0.25, -0.2) is 4.79 Å². The molecule has 2 amide bonds. The van der Waals surface area contributed by atoms with E-state index in [0.29, 0.717) is 5.69 Å². The molecule has 0 aromatic carbocycles. The number of aliphatic carboxylic acids is 1. The van der Waals surface area contributed by atoms with Crippen LogP contribution >= 0.6 is 0 Å². The molecule has 4 N–H and O–H groups in total. The van der Waals surface area contributed by atoms with E-state index in [1.165, 1.54) is 19.3 Å². The minimum Gasteiger partial charge on any atom is -0.480 e. The third kappa shape index (κ3) is 2.77. The Kier molecular flexibility index (Phi) is 3.05. The van der Waals surface area contributed by atoms with Gasteiger partial charge in [0.1, 0.15) is 6.04 Å². The summed E-state index contributed by atoms with van der Waals surface area (Å²) in [6.07, 6.45) is 2.88. The van der Waals surface area contributed by atoms with E-state index in [1.807, 2.05) is 0 Å². The number of nitrogens with one attached hydrogen (secondary N) is 3. The third-order valence-electron chi connectivity index (χ3n) is 1.47. The van der Waals surface area contributed by atoms with Crippen LogP contribution in [0, 0.1) is 0 Å². The van der Waals surface area contributed by atoms with Crippen LogP contribution in [0.3, 0.4) is 0 Å². The Balaban J connectivity index is 2.40. The fourth-order valence-corrected chi connectivity index (χ4v) is 0.745. The summed E-state index contributed by atoms with van der Waals surface area (Å²) in [5, 5.41) is 19.2. The van der Waals surface area contributed by atoms with Gasteiger partial charge in [-0.1, -0.05) is 0 Å². The summed E-state index contributed by atoms with van der Waals surface area (Å²) in [7, 11) is 0. The Labute approximate surface area is 79.5 Å². The zero-order valence-electron chi connectivity index (χ0n) is 7.44. The van der Waals surface area contributed by atoms with Crippen molar-refractivity contribution in [2.24, 2.45) is 0 Å². The van der Waals surface area contributed by atoms with Gasteiger partial charge in [0.15, 0.2) is 0 Å². The first kappa shape index (κ1) is 10.0. The Hall–Kier alpha value is -2.05. The van der Waals surface area contributed by atoms with Crippen LogP contribution < -0.4 is 10.6 Å². The van der Waals surface area contributed by atoms with Crippen molar-refractivity contribution in [2.45, 2.75) is 13.0 Å². The molecule has 0 spiro atoms. The maximum absolute atomic E-state index is 11.1. The highest BCUT2D eigenvalue weighted by molar-refractivity contribution is 5.91. The molecule has 0 saturated carbocycles. The number of hydrogen-bond donors (Lipinski definition) is 4. The highest BCUT2D eigenvalue weighted by Crippen LogP contribution is 2.00. The second kappa shape index (κ2) is 4.26. The molecule has 0 radical (unpaired) electrons. The first-order valence-electron chi connectivity index (χ1n) is 3.88. The van der Waals surface area contributed by atoms with Crippen molar-refractivity contribution in [3.63, 3.8) is 0 Å². The molecule has 7 nitrogen and oxygen atoms in total. The smallest absolute Gasteiger partial charge is 0.325 e. The molecule has 0 saturated heterocycles. The molecule has 0 bridgehead atoms. The number of anilines is 1. The SMILES string of the molecule is C[C@H](NC(=O)Nc1cn[nH]c1)C(=O)O. The van der Waals surface area contributed by atoms with E-state index in [4.69, 9.17) is 5.11 Å². The van der Waals surface area contributed by atoms with Crippen molar-refractivity contribution in [2.75, 3.05) is 5.32 Å². The Bertz CT molecular complexity index is 322. The third-order valence-corrected chi connectivity index (χ3v) is 1.47. The average Bonchev–Trinajstić information content (AvgIpc) is 2.56. The summed E-state index contributed by atoms with van der Waals surface area (Å²) in [6, 6.07) is -1.51. The number of aromatic nitrogens is 2. The Morgan fingerprint density at radius 1 is 1.64 bits per heavy atom. The van der Waals surface area contributed by atoms with Gasteiger partial charge in [-0.3, -0.25) is 9.89 Å². The van der Waals surface area contributed by atoms with E-state index in [2.05, 4.69) is 20.8 Å². The van der Waals surface area contributed by atoms with Gasteiger partial charge in [0.05, 0.1) is 11.9 Å². The minimum absolute atomic E-state index is 0.472. The summed E-state index contributed by atoms with van der Waals surface area (Å²) in [5.41, 5.74) is 0.472. The summed E-state index contributed by atoms with van der Waals surface area (Å²) in [6.45, 7) is 1.37. The largest absolute Gasteiger partial charge is 0.480 e. The zero-order chi connectivity index (χ0) is 10.6. The molecule has 1 heterocycles. The molecule has 1 aromatic heterocycles. The molecule has 0 fully saturated rings. The minimum atomic E-state index is -1.09. The van der Waals surface area contributed by atoms with Crippen LogP contribution in [0.2, 0.25) is 0 Å². The van der Waals surface area contributed by atoms with Crippen LogP contribution in [0.1, 0.15) is 6.92 Å². The van der Waals surface area contributed by atoms with Gasteiger partial charge >= 0.3 is 12.0 Å². The number of carboxylic acid groups (broad SMARTS) is 1. The monoisotopic (exact) mass is 198 g/mol. The predicted molar refractivity (Wildman–Crippen MR) is 47.8 cm³/mol. The number of aromatic amines is 1. The number of carbonyl (C=O) groups excluding carboxylic acids is 1. The molecule has 1 atom stereocenters. The molecule has 0 aliphatic heterocycles.